The first-order valence-corrected chi connectivity index (χ1v) is 7.12. The summed E-state index contributed by atoms with van der Waals surface area (Å²) in [6.07, 6.45) is 5.34. The molecule has 2 rings (SSSR count). The fraction of sp³-hybridized carbons (Fsp3) is 0.714. The first kappa shape index (κ1) is 14.8. The molecule has 0 saturated carbocycles. The Bertz CT molecular complexity index is 425. The number of aromatic nitrogens is 2. The van der Waals surface area contributed by atoms with E-state index < -0.39 is 5.60 Å². The molecule has 112 valence electrons. The van der Waals surface area contributed by atoms with Crippen LogP contribution < -0.4 is 5.32 Å². The topological polar surface area (TPSA) is 70.2 Å². The van der Waals surface area contributed by atoms with Gasteiger partial charge in [0.05, 0.1) is 6.33 Å². The number of H-pyrrole nitrogens is 1. The molecule has 2 heterocycles. The molecule has 6 heteroatoms. The predicted octanol–water partition coefficient (Wildman–Crippen LogP) is 1.90. The van der Waals surface area contributed by atoms with Crippen LogP contribution in [-0.2, 0) is 11.3 Å². The summed E-state index contributed by atoms with van der Waals surface area (Å²) in [7, 11) is 0. The van der Waals surface area contributed by atoms with Crippen molar-refractivity contribution < 1.29 is 9.53 Å². The van der Waals surface area contributed by atoms with E-state index in [1.54, 1.807) is 11.2 Å². The quantitative estimate of drug-likeness (QED) is 0.887. The Kier molecular flexibility index (Phi) is 4.65. The molecule has 1 atom stereocenters. The van der Waals surface area contributed by atoms with Crippen molar-refractivity contribution >= 4 is 6.09 Å². The van der Waals surface area contributed by atoms with E-state index >= 15 is 0 Å². The molecule has 0 bridgehead atoms. The summed E-state index contributed by atoms with van der Waals surface area (Å²) < 4.78 is 5.42. The molecule has 6 nitrogen and oxygen atoms in total. The number of carbonyl (C=O) groups is 1. The lowest BCUT2D eigenvalue weighted by atomic mass is 10.1. The van der Waals surface area contributed by atoms with Crippen LogP contribution in [0, 0.1) is 0 Å². The van der Waals surface area contributed by atoms with Crippen LogP contribution in [0.2, 0.25) is 0 Å². The number of imidazole rings is 1. The van der Waals surface area contributed by atoms with Gasteiger partial charge in [-0.2, -0.15) is 0 Å². The first-order valence-electron chi connectivity index (χ1n) is 7.12. The molecule has 1 amide bonds. The molecule has 20 heavy (non-hydrogen) atoms. The predicted molar refractivity (Wildman–Crippen MR) is 76.3 cm³/mol. The summed E-state index contributed by atoms with van der Waals surface area (Å²) in [6, 6.07) is 0.305. The Balaban J connectivity index is 1.80. The standard InChI is InChI=1S/C14H24N4O2/c1-14(2,3)20-13(19)18-6-4-5-11(9-18)16-8-12-7-15-10-17-12/h7,10-11,16H,4-6,8-9H2,1-3H3,(H,15,17). The third kappa shape index (κ3) is 4.52. The van der Waals surface area contributed by atoms with Crippen LogP contribution in [0.1, 0.15) is 39.3 Å². The highest BCUT2D eigenvalue weighted by molar-refractivity contribution is 5.68. The highest BCUT2D eigenvalue weighted by atomic mass is 16.6. The van der Waals surface area contributed by atoms with E-state index in [-0.39, 0.29) is 6.09 Å². The lowest BCUT2D eigenvalue weighted by molar-refractivity contribution is 0.0187. The normalized spacial score (nSPS) is 19.9. The number of hydrogen-bond donors (Lipinski definition) is 2. The molecule has 2 N–H and O–H groups in total. The summed E-state index contributed by atoms with van der Waals surface area (Å²) in [5.74, 6) is 0. The van der Waals surface area contributed by atoms with Gasteiger partial charge >= 0.3 is 6.09 Å². The lowest BCUT2D eigenvalue weighted by Crippen LogP contribution is -2.49. The van der Waals surface area contributed by atoms with Gasteiger partial charge in [0.15, 0.2) is 0 Å². The fourth-order valence-corrected chi connectivity index (χ4v) is 2.27. The summed E-state index contributed by atoms with van der Waals surface area (Å²) in [5, 5.41) is 3.45. The third-order valence-corrected chi connectivity index (χ3v) is 3.21. The van der Waals surface area contributed by atoms with Crippen molar-refractivity contribution in [1.29, 1.82) is 0 Å². The molecule has 1 saturated heterocycles. The zero-order valence-electron chi connectivity index (χ0n) is 12.5. The minimum absolute atomic E-state index is 0.217. The van der Waals surface area contributed by atoms with Crippen LogP contribution in [0.15, 0.2) is 12.5 Å². The Morgan fingerprint density at radius 3 is 3.05 bits per heavy atom. The molecule has 1 fully saturated rings. The van der Waals surface area contributed by atoms with E-state index in [9.17, 15) is 4.79 Å². The summed E-state index contributed by atoms with van der Waals surface area (Å²) in [5.41, 5.74) is 0.618. The molecule has 1 aromatic heterocycles. The maximum absolute atomic E-state index is 12.1. The maximum Gasteiger partial charge on any atom is 0.410 e. The number of amides is 1. The third-order valence-electron chi connectivity index (χ3n) is 3.21. The van der Waals surface area contributed by atoms with Crippen LogP contribution in [0.3, 0.4) is 0 Å². The van der Waals surface area contributed by atoms with Crippen LogP contribution in [0.25, 0.3) is 0 Å². The number of piperidine rings is 1. The smallest absolute Gasteiger partial charge is 0.410 e. The van der Waals surface area contributed by atoms with Crippen LogP contribution in [0.4, 0.5) is 4.79 Å². The molecule has 0 aromatic carbocycles. The van der Waals surface area contributed by atoms with Crippen molar-refractivity contribution in [2.24, 2.45) is 0 Å². The van der Waals surface area contributed by atoms with Crippen molar-refractivity contribution in [2.45, 2.75) is 51.8 Å². The second-order valence-electron chi connectivity index (χ2n) is 6.22. The Hall–Kier alpha value is -1.56. The minimum Gasteiger partial charge on any atom is -0.444 e. The molecule has 1 aliphatic rings. The zero-order valence-corrected chi connectivity index (χ0v) is 12.5. The average Bonchev–Trinajstić information content (AvgIpc) is 2.88. The summed E-state index contributed by atoms with van der Waals surface area (Å²) >= 11 is 0. The maximum atomic E-state index is 12.1. The van der Waals surface area contributed by atoms with Gasteiger partial charge in [-0.25, -0.2) is 9.78 Å². The largest absolute Gasteiger partial charge is 0.444 e. The molecule has 0 radical (unpaired) electrons. The summed E-state index contributed by atoms with van der Waals surface area (Å²) in [4.78, 5) is 20.9. The monoisotopic (exact) mass is 280 g/mol. The van der Waals surface area contributed by atoms with Gasteiger partial charge in [-0.15, -0.1) is 0 Å². The number of hydrogen-bond acceptors (Lipinski definition) is 4. The van der Waals surface area contributed by atoms with Crippen LogP contribution in [-0.4, -0.2) is 45.7 Å². The number of ether oxygens (including phenoxy) is 1. The van der Waals surface area contributed by atoms with Gasteiger partial charge in [0.25, 0.3) is 0 Å². The first-order chi connectivity index (χ1) is 9.44. The van der Waals surface area contributed by atoms with Gasteiger partial charge < -0.3 is 19.9 Å². The van der Waals surface area contributed by atoms with Crippen molar-refractivity contribution in [2.75, 3.05) is 13.1 Å². The number of rotatable bonds is 3. The van der Waals surface area contributed by atoms with E-state index in [1.807, 2.05) is 27.0 Å². The van der Waals surface area contributed by atoms with Gasteiger partial charge in [-0.05, 0) is 33.6 Å². The second kappa shape index (κ2) is 6.26. The molecule has 1 aliphatic heterocycles. The molecule has 0 aliphatic carbocycles. The van der Waals surface area contributed by atoms with E-state index in [0.717, 1.165) is 31.6 Å². The Labute approximate surface area is 119 Å². The molecular formula is C14H24N4O2. The minimum atomic E-state index is -0.437. The molecule has 0 spiro atoms. The molecule has 1 aromatic rings. The van der Waals surface area contributed by atoms with Gasteiger partial charge in [-0.1, -0.05) is 0 Å². The SMILES string of the molecule is CC(C)(C)OC(=O)N1CCCC(NCc2cnc[nH]2)C1. The van der Waals surface area contributed by atoms with Gasteiger partial charge in [0.2, 0.25) is 0 Å². The van der Waals surface area contributed by atoms with Crippen molar-refractivity contribution in [1.82, 2.24) is 20.2 Å². The number of nitrogens with one attached hydrogen (secondary N) is 2. The Morgan fingerprint density at radius 2 is 2.40 bits per heavy atom. The zero-order chi connectivity index (χ0) is 14.6. The number of aromatic amines is 1. The van der Waals surface area contributed by atoms with Crippen molar-refractivity contribution in [3.63, 3.8) is 0 Å². The van der Waals surface area contributed by atoms with Gasteiger partial charge in [0, 0.05) is 37.6 Å². The fourth-order valence-electron chi connectivity index (χ4n) is 2.27. The summed E-state index contributed by atoms with van der Waals surface area (Å²) in [6.45, 7) is 7.89. The molecular weight excluding hydrogens is 256 g/mol. The van der Waals surface area contributed by atoms with E-state index in [1.165, 1.54) is 0 Å². The van der Waals surface area contributed by atoms with E-state index in [2.05, 4.69) is 15.3 Å². The number of nitrogens with zero attached hydrogens (tertiary/aromatic N) is 2. The highest BCUT2D eigenvalue weighted by Gasteiger charge is 2.27. The lowest BCUT2D eigenvalue weighted by Gasteiger charge is -2.34. The molecule has 1 unspecified atom stereocenters. The van der Waals surface area contributed by atoms with Gasteiger partial charge in [0.1, 0.15) is 5.60 Å². The Morgan fingerprint density at radius 1 is 1.60 bits per heavy atom. The van der Waals surface area contributed by atoms with Gasteiger partial charge in [-0.3, -0.25) is 0 Å². The average molecular weight is 280 g/mol. The van der Waals surface area contributed by atoms with Crippen molar-refractivity contribution in [3.05, 3.63) is 18.2 Å². The van der Waals surface area contributed by atoms with Crippen LogP contribution >= 0.6 is 0 Å². The second-order valence-corrected chi connectivity index (χ2v) is 6.22. The van der Waals surface area contributed by atoms with E-state index in [4.69, 9.17) is 4.74 Å². The number of carbonyl (C=O) groups excluding carboxylic acids is 1. The van der Waals surface area contributed by atoms with E-state index in [0.29, 0.717) is 12.6 Å². The highest BCUT2D eigenvalue weighted by Crippen LogP contribution is 2.15. The van der Waals surface area contributed by atoms with Crippen molar-refractivity contribution in [3.8, 4) is 0 Å². The number of likely N-dealkylation sites (tertiary alicyclic amines) is 1. The van der Waals surface area contributed by atoms with Crippen LogP contribution in [0.5, 0.6) is 0 Å².